The minimum absolute atomic E-state index is 0.542. The number of hydrogen-bond acceptors (Lipinski definition) is 4. The van der Waals surface area contributed by atoms with Crippen molar-refractivity contribution < 1.29 is 0 Å². The van der Waals surface area contributed by atoms with E-state index in [9.17, 15) is 0 Å². The van der Waals surface area contributed by atoms with Crippen molar-refractivity contribution in [2.75, 3.05) is 5.73 Å². The number of nitrogens with two attached hydrogens (primary N) is 1. The largest absolute Gasteiger partial charge is 0.396 e. The van der Waals surface area contributed by atoms with E-state index in [1.165, 1.54) is 6.33 Å². The van der Waals surface area contributed by atoms with Gasteiger partial charge in [0.15, 0.2) is 0 Å². The molecule has 0 amide bonds. The lowest BCUT2D eigenvalue weighted by molar-refractivity contribution is 1.18. The average Bonchev–Trinajstić information content (AvgIpc) is 2.38. The maximum Gasteiger partial charge on any atom is 0.116 e. The summed E-state index contributed by atoms with van der Waals surface area (Å²) >= 11 is 6.20. The molecule has 3 aromatic rings. The number of halogens is 1. The first-order valence-electron chi connectivity index (χ1n) is 5.78. The molecule has 2 N–H and O–H groups in total. The molecule has 0 saturated carbocycles. The maximum atomic E-state index is 6.20. The SMILES string of the molecule is Cc1cc(Cl)c2ccc(-c3ncncc3N)cc2n1. The molecule has 0 spiro atoms. The van der Waals surface area contributed by atoms with E-state index < -0.39 is 0 Å². The van der Waals surface area contributed by atoms with Crippen LogP contribution < -0.4 is 5.73 Å². The first-order chi connectivity index (χ1) is 9.15. The van der Waals surface area contributed by atoms with Gasteiger partial charge in [0.2, 0.25) is 0 Å². The fraction of sp³-hybridized carbons (Fsp3) is 0.0714. The summed E-state index contributed by atoms with van der Waals surface area (Å²) in [5.41, 5.74) is 9.75. The molecule has 19 heavy (non-hydrogen) atoms. The van der Waals surface area contributed by atoms with E-state index in [1.54, 1.807) is 6.20 Å². The van der Waals surface area contributed by atoms with Gasteiger partial charge >= 0.3 is 0 Å². The number of anilines is 1. The van der Waals surface area contributed by atoms with Crippen molar-refractivity contribution in [3.63, 3.8) is 0 Å². The summed E-state index contributed by atoms with van der Waals surface area (Å²) in [5.74, 6) is 0. The fourth-order valence-electron chi connectivity index (χ4n) is 2.04. The van der Waals surface area contributed by atoms with Crippen LogP contribution in [0.1, 0.15) is 5.69 Å². The molecule has 1 aromatic carbocycles. The van der Waals surface area contributed by atoms with E-state index in [2.05, 4.69) is 15.0 Å². The molecule has 0 unspecified atom stereocenters. The van der Waals surface area contributed by atoms with E-state index in [0.29, 0.717) is 16.4 Å². The maximum absolute atomic E-state index is 6.20. The summed E-state index contributed by atoms with van der Waals surface area (Å²) in [6.45, 7) is 1.91. The molecule has 94 valence electrons. The average molecular weight is 271 g/mol. The second-order valence-electron chi connectivity index (χ2n) is 4.30. The summed E-state index contributed by atoms with van der Waals surface area (Å²) in [4.78, 5) is 12.6. The van der Waals surface area contributed by atoms with Gasteiger partial charge < -0.3 is 5.73 Å². The summed E-state index contributed by atoms with van der Waals surface area (Å²) in [6.07, 6.45) is 3.07. The summed E-state index contributed by atoms with van der Waals surface area (Å²) in [7, 11) is 0. The Balaban J connectivity index is 2.25. The molecule has 0 bridgehead atoms. The Morgan fingerprint density at radius 2 is 2.05 bits per heavy atom. The van der Waals surface area contributed by atoms with Crippen LogP contribution in [0.3, 0.4) is 0 Å². The topological polar surface area (TPSA) is 64.7 Å². The zero-order valence-corrected chi connectivity index (χ0v) is 11.0. The van der Waals surface area contributed by atoms with E-state index in [1.807, 2.05) is 31.2 Å². The summed E-state index contributed by atoms with van der Waals surface area (Å²) < 4.78 is 0. The van der Waals surface area contributed by atoms with E-state index in [-0.39, 0.29) is 0 Å². The molecule has 5 heteroatoms. The van der Waals surface area contributed by atoms with Crippen molar-refractivity contribution >= 4 is 28.2 Å². The molecule has 2 aromatic heterocycles. The van der Waals surface area contributed by atoms with Crippen LogP contribution in [0.15, 0.2) is 36.8 Å². The summed E-state index contributed by atoms with van der Waals surface area (Å²) in [6, 6.07) is 7.65. The van der Waals surface area contributed by atoms with Gasteiger partial charge in [-0.05, 0) is 19.1 Å². The molecule has 2 heterocycles. The third-order valence-electron chi connectivity index (χ3n) is 2.90. The van der Waals surface area contributed by atoms with Crippen molar-refractivity contribution in [1.82, 2.24) is 15.0 Å². The van der Waals surface area contributed by atoms with Gasteiger partial charge in [0.05, 0.1) is 28.1 Å². The Bertz CT molecular complexity index is 770. The molecule has 4 nitrogen and oxygen atoms in total. The Labute approximate surface area is 115 Å². The first kappa shape index (κ1) is 11.9. The highest BCUT2D eigenvalue weighted by molar-refractivity contribution is 6.35. The highest BCUT2D eigenvalue weighted by Gasteiger charge is 2.07. The third-order valence-corrected chi connectivity index (χ3v) is 3.21. The predicted octanol–water partition coefficient (Wildman–Crippen LogP) is 3.24. The number of fused-ring (bicyclic) bond motifs is 1. The molecule has 3 rings (SSSR count). The molecule has 0 fully saturated rings. The van der Waals surface area contributed by atoms with Crippen LogP contribution in [-0.2, 0) is 0 Å². The monoisotopic (exact) mass is 270 g/mol. The second kappa shape index (κ2) is 4.48. The van der Waals surface area contributed by atoms with Gasteiger partial charge in [-0.25, -0.2) is 9.97 Å². The van der Waals surface area contributed by atoms with Crippen molar-refractivity contribution in [1.29, 1.82) is 0 Å². The first-order valence-corrected chi connectivity index (χ1v) is 6.16. The normalized spacial score (nSPS) is 10.8. The molecule has 0 atom stereocenters. The minimum atomic E-state index is 0.542. The predicted molar refractivity (Wildman–Crippen MR) is 76.9 cm³/mol. The van der Waals surface area contributed by atoms with E-state index >= 15 is 0 Å². The third kappa shape index (κ3) is 2.11. The molecule has 0 aliphatic carbocycles. The smallest absolute Gasteiger partial charge is 0.116 e. The Hall–Kier alpha value is -2.20. The Morgan fingerprint density at radius 3 is 2.84 bits per heavy atom. The van der Waals surface area contributed by atoms with Gasteiger partial charge in [0.1, 0.15) is 6.33 Å². The quantitative estimate of drug-likeness (QED) is 0.737. The van der Waals surface area contributed by atoms with E-state index in [4.69, 9.17) is 17.3 Å². The van der Waals surface area contributed by atoms with Crippen LogP contribution in [0, 0.1) is 6.92 Å². The van der Waals surface area contributed by atoms with Crippen molar-refractivity contribution in [3.05, 3.63) is 47.5 Å². The van der Waals surface area contributed by atoms with Crippen LogP contribution in [0.2, 0.25) is 5.02 Å². The molecular weight excluding hydrogens is 260 g/mol. The highest BCUT2D eigenvalue weighted by atomic mass is 35.5. The van der Waals surface area contributed by atoms with Crippen LogP contribution >= 0.6 is 11.6 Å². The van der Waals surface area contributed by atoms with E-state index in [0.717, 1.165) is 22.2 Å². The minimum Gasteiger partial charge on any atom is -0.396 e. The number of aryl methyl sites for hydroxylation is 1. The lowest BCUT2D eigenvalue weighted by Crippen LogP contribution is -1.94. The van der Waals surface area contributed by atoms with Gasteiger partial charge in [-0.15, -0.1) is 0 Å². The lowest BCUT2D eigenvalue weighted by atomic mass is 10.1. The van der Waals surface area contributed by atoms with Crippen molar-refractivity contribution in [3.8, 4) is 11.3 Å². The molecular formula is C14H11ClN4. The number of pyridine rings is 1. The highest BCUT2D eigenvalue weighted by Crippen LogP contribution is 2.29. The number of rotatable bonds is 1. The van der Waals surface area contributed by atoms with Crippen LogP contribution in [0.5, 0.6) is 0 Å². The molecule has 0 saturated heterocycles. The van der Waals surface area contributed by atoms with Gasteiger partial charge in [-0.3, -0.25) is 4.98 Å². The number of nitrogens with zero attached hydrogens (tertiary/aromatic N) is 3. The molecule has 0 aliphatic rings. The van der Waals surface area contributed by atoms with Gasteiger partial charge in [0, 0.05) is 16.6 Å². The fourth-order valence-corrected chi connectivity index (χ4v) is 2.36. The second-order valence-corrected chi connectivity index (χ2v) is 4.71. The lowest BCUT2D eigenvalue weighted by Gasteiger charge is -2.07. The number of aromatic nitrogens is 3. The number of nitrogen functional groups attached to an aromatic ring is 1. The van der Waals surface area contributed by atoms with Crippen molar-refractivity contribution in [2.45, 2.75) is 6.92 Å². The number of benzene rings is 1. The number of hydrogen-bond donors (Lipinski definition) is 1. The van der Waals surface area contributed by atoms with Crippen molar-refractivity contribution in [2.24, 2.45) is 0 Å². The zero-order chi connectivity index (χ0) is 13.4. The summed E-state index contributed by atoms with van der Waals surface area (Å²) in [5, 5.41) is 1.62. The Morgan fingerprint density at radius 1 is 1.21 bits per heavy atom. The Kier molecular flexibility index (Phi) is 2.80. The zero-order valence-electron chi connectivity index (χ0n) is 10.3. The van der Waals surface area contributed by atoms with Gasteiger partial charge in [-0.2, -0.15) is 0 Å². The van der Waals surface area contributed by atoms with Crippen LogP contribution in [-0.4, -0.2) is 15.0 Å². The van der Waals surface area contributed by atoms with Crippen LogP contribution in [0.4, 0.5) is 5.69 Å². The van der Waals surface area contributed by atoms with Gasteiger partial charge in [-0.1, -0.05) is 23.7 Å². The van der Waals surface area contributed by atoms with Crippen LogP contribution in [0.25, 0.3) is 22.2 Å². The molecule has 0 radical (unpaired) electrons. The standard InChI is InChI=1S/C14H11ClN4/c1-8-4-11(15)10-3-2-9(5-13(10)19-8)14-12(16)6-17-7-18-14/h2-7H,16H2,1H3. The molecule has 0 aliphatic heterocycles. The van der Waals surface area contributed by atoms with Gasteiger partial charge in [0.25, 0.3) is 0 Å².